The van der Waals surface area contributed by atoms with Gasteiger partial charge in [0.25, 0.3) is 5.91 Å². The largest absolute Gasteiger partial charge is 0.507 e. The van der Waals surface area contributed by atoms with Crippen molar-refractivity contribution in [2.45, 2.75) is 6.92 Å². The number of aliphatic hydroxyl groups excluding tert-OH is 1. The molecule has 0 bridgehead atoms. The molecule has 0 spiro atoms. The zero-order valence-corrected chi connectivity index (χ0v) is 9.28. The van der Waals surface area contributed by atoms with E-state index in [9.17, 15) is 18.7 Å². The standard InChI is InChI=1S/C11H13F2NO3/c1-2-14(3-4-15)11(17)10-8(13)5-7(12)6-9(10)16/h5-6,15-16H,2-4H2,1H3. The highest BCUT2D eigenvalue weighted by Gasteiger charge is 2.22. The number of hydrogen-bond donors (Lipinski definition) is 2. The molecule has 1 aromatic carbocycles. The molecular formula is C11H13F2NO3. The lowest BCUT2D eigenvalue weighted by molar-refractivity contribution is 0.0724. The van der Waals surface area contributed by atoms with Crippen LogP contribution in [-0.2, 0) is 0 Å². The minimum atomic E-state index is -1.12. The summed E-state index contributed by atoms with van der Waals surface area (Å²) >= 11 is 0. The van der Waals surface area contributed by atoms with Crippen LogP contribution in [-0.4, -0.2) is 40.7 Å². The molecule has 0 radical (unpaired) electrons. The third-order valence-corrected chi connectivity index (χ3v) is 2.29. The number of amides is 1. The lowest BCUT2D eigenvalue weighted by atomic mass is 10.1. The molecule has 0 aliphatic carbocycles. The molecular weight excluding hydrogens is 232 g/mol. The summed E-state index contributed by atoms with van der Waals surface area (Å²) in [7, 11) is 0. The lowest BCUT2D eigenvalue weighted by Crippen LogP contribution is -2.34. The third-order valence-electron chi connectivity index (χ3n) is 2.29. The summed E-state index contributed by atoms with van der Waals surface area (Å²) in [6.07, 6.45) is 0. The first-order valence-electron chi connectivity index (χ1n) is 5.09. The van der Waals surface area contributed by atoms with Crippen molar-refractivity contribution in [3.63, 3.8) is 0 Å². The minimum absolute atomic E-state index is 0.0194. The summed E-state index contributed by atoms with van der Waals surface area (Å²) in [6.45, 7) is 1.64. The number of phenolic OH excluding ortho intramolecular Hbond substituents is 1. The Morgan fingerprint density at radius 3 is 2.53 bits per heavy atom. The monoisotopic (exact) mass is 245 g/mol. The van der Waals surface area contributed by atoms with Gasteiger partial charge in [0.2, 0.25) is 0 Å². The fourth-order valence-corrected chi connectivity index (χ4v) is 1.45. The molecule has 0 fully saturated rings. The number of carbonyl (C=O) groups is 1. The molecule has 17 heavy (non-hydrogen) atoms. The molecule has 0 saturated carbocycles. The number of likely N-dealkylation sites (N-methyl/N-ethyl adjacent to an activating group) is 1. The van der Waals surface area contributed by atoms with E-state index in [4.69, 9.17) is 5.11 Å². The van der Waals surface area contributed by atoms with Gasteiger partial charge in [0, 0.05) is 25.2 Å². The zero-order valence-electron chi connectivity index (χ0n) is 9.28. The van der Waals surface area contributed by atoms with Crippen molar-refractivity contribution >= 4 is 5.91 Å². The maximum absolute atomic E-state index is 13.4. The van der Waals surface area contributed by atoms with Gasteiger partial charge in [0.15, 0.2) is 0 Å². The van der Waals surface area contributed by atoms with E-state index < -0.39 is 28.9 Å². The van der Waals surface area contributed by atoms with Crippen molar-refractivity contribution in [1.82, 2.24) is 4.90 Å². The van der Waals surface area contributed by atoms with Gasteiger partial charge in [-0.05, 0) is 6.92 Å². The van der Waals surface area contributed by atoms with Crippen LogP contribution in [0.15, 0.2) is 12.1 Å². The Bertz CT molecular complexity index is 400. The summed E-state index contributed by atoms with van der Waals surface area (Å²) in [4.78, 5) is 13.0. The molecule has 0 heterocycles. The fraction of sp³-hybridized carbons (Fsp3) is 0.364. The fourth-order valence-electron chi connectivity index (χ4n) is 1.45. The van der Waals surface area contributed by atoms with E-state index in [0.717, 1.165) is 4.90 Å². The summed E-state index contributed by atoms with van der Waals surface area (Å²) in [5.74, 6) is -3.61. The van der Waals surface area contributed by atoms with Gasteiger partial charge in [-0.25, -0.2) is 8.78 Å². The SMILES string of the molecule is CCN(CCO)C(=O)c1c(O)cc(F)cc1F. The Morgan fingerprint density at radius 1 is 1.41 bits per heavy atom. The smallest absolute Gasteiger partial charge is 0.260 e. The second kappa shape index (κ2) is 5.58. The van der Waals surface area contributed by atoms with Gasteiger partial charge in [-0.15, -0.1) is 0 Å². The van der Waals surface area contributed by atoms with Crippen LogP contribution >= 0.6 is 0 Å². The molecule has 0 aromatic heterocycles. The van der Waals surface area contributed by atoms with Gasteiger partial charge in [-0.1, -0.05) is 0 Å². The maximum atomic E-state index is 13.4. The Kier molecular flexibility index (Phi) is 4.39. The average molecular weight is 245 g/mol. The van der Waals surface area contributed by atoms with Crippen molar-refractivity contribution in [3.05, 3.63) is 29.3 Å². The lowest BCUT2D eigenvalue weighted by Gasteiger charge is -2.20. The maximum Gasteiger partial charge on any atom is 0.260 e. The summed E-state index contributed by atoms with van der Waals surface area (Å²) < 4.78 is 26.1. The van der Waals surface area contributed by atoms with Gasteiger partial charge < -0.3 is 15.1 Å². The average Bonchev–Trinajstić information content (AvgIpc) is 2.24. The second-order valence-electron chi connectivity index (χ2n) is 3.39. The molecule has 4 nitrogen and oxygen atoms in total. The van der Waals surface area contributed by atoms with E-state index in [2.05, 4.69) is 0 Å². The highest BCUT2D eigenvalue weighted by Crippen LogP contribution is 2.23. The molecule has 94 valence electrons. The van der Waals surface area contributed by atoms with Gasteiger partial charge in [0.05, 0.1) is 6.61 Å². The molecule has 1 aromatic rings. The predicted octanol–water partition coefficient (Wildman–Crippen LogP) is 1.12. The summed E-state index contributed by atoms with van der Waals surface area (Å²) in [5, 5.41) is 18.1. The number of benzene rings is 1. The van der Waals surface area contributed by atoms with Crippen molar-refractivity contribution in [3.8, 4) is 5.75 Å². The molecule has 1 rings (SSSR count). The van der Waals surface area contributed by atoms with E-state index >= 15 is 0 Å². The highest BCUT2D eigenvalue weighted by molar-refractivity contribution is 5.97. The quantitative estimate of drug-likeness (QED) is 0.835. The van der Waals surface area contributed by atoms with Crippen LogP contribution in [0, 0.1) is 11.6 Å². The predicted molar refractivity (Wildman–Crippen MR) is 56.7 cm³/mol. The van der Waals surface area contributed by atoms with Crippen LogP contribution in [0.25, 0.3) is 0 Å². The van der Waals surface area contributed by atoms with E-state index in [1.54, 1.807) is 6.92 Å². The second-order valence-corrected chi connectivity index (χ2v) is 3.39. The molecule has 0 unspecified atom stereocenters. The van der Waals surface area contributed by atoms with Crippen molar-refractivity contribution in [1.29, 1.82) is 0 Å². The summed E-state index contributed by atoms with van der Waals surface area (Å²) in [5.41, 5.74) is -0.582. The van der Waals surface area contributed by atoms with E-state index in [1.807, 2.05) is 0 Å². The van der Waals surface area contributed by atoms with Crippen LogP contribution in [0.2, 0.25) is 0 Å². The molecule has 0 atom stereocenters. The molecule has 0 saturated heterocycles. The van der Waals surface area contributed by atoms with Crippen LogP contribution in [0.1, 0.15) is 17.3 Å². The van der Waals surface area contributed by atoms with Crippen LogP contribution in [0.3, 0.4) is 0 Å². The number of carbonyl (C=O) groups excluding carboxylic acids is 1. The number of halogens is 2. The summed E-state index contributed by atoms with van der Waals surface area (Å²) in [6, 6.07) is 1.20. The number of phenols is 1. The number of nitrogens with zero attached hydrogens (tertiary/aromatic N) is 1. The normalized spacial score (nSPS) is 10.4. The van der Waals surface area contributed by atoms with Crippen LogP contribution in [0.4, 0.5) is 8.78 Å². The highest BCUT2D eigenvalue weighted by atomic mass is 19.1. The van der Waals surface area contributed by atoms with Gasteiger partial charge in [-0.2, -0.15) is 0 Å². The first-order valence-corrected chi connectivity index (χ1v) is 5.09. The van der Waals surface area contributed by atoms with Gasteiger partial charge in [0.1, 0.15) is 22.9 Å². The van der Waals surface area contributed by atoms with E-state index in [1.165, 1.54) is 0 Å². The third kappa shape index (κ3) is 2.91. The molecule has 2 N–H and O–H groups in total. The Balaban J connectivity index is 3.11. The van der Waals surface area contributed by atoms with Crippen molar-refractivity contribution < 1.29 is 23.8 Å². The molecule has 6 heteroatoms. The Morgan fingerprint density at radius 2 is 2.06 bits per heavy atom. The Labute approximate surface area is 97.1 Å². The van der Waals surface area contributed by atoms with Gasteiger partial charge >= 0.3 is 0 Å². The minimum Gasteiger partial charge on any atom is -0.507 e. The van der Waals surface area contributed by atoms with Crippen LogP contribution in [0.5, 0.6) is 5.75 Å². The topological polar surface area (TPSA) is 60.8 Å². The number of hydrogen-bond acceptors (Lipinski definition) is 3. The number of aliphatic hydroxyl groups is 1. The molecule has 1 amide bonds. The first-order chi connectivity index (χ1) is 8.01. The van der Waals surface area contributed by atoms with Gasteiger partial charge in [-0.3, -0.25) is 4.79 Å². The van der Waals surface area contributed by atoms with Crippen molar-refractivity contribution in [2.24, 2.45) is 0 Å². The van der Waals surface area contributed by atoms with E-state index in [-0.39, 0.29) is 19.7 Å². The number of rotatable bonds is 4. The number of aromatic hydroxyl groups is 1. The van der Waals surface area contributed by atoms with E-state index in [0.29, 0.717) is 12.1 Å². The molecule has 0 aliphatic heterocycles. The zero-order chi connectivity index (χ0) is 13.0. The molecule has 0 aliphatic rings. The van der Waals surface area contributed by atoms with Crippen LogP contribution < -0.4 is 0 Å². The van der Waals surface area contributed by atoms with Crippen molar-refractivity contribution in [2.75, 3.05) is 19.7 Å². The Hall–Kier alpha value is -1.69. The first kappa shape index (κ1) is 13.4.